The Kier molecular flexibility index (Phi) is 7.97. The lowest BCUT2D eigenvalue weighted by atomic mass is 10.1. The quantitative estimate of drug-likeness (QED) is 0.656. The standard InChI is InChI=1S/C15H22BrNO4/c1-12(16)8-6-4-2-3-5-7-9-15(20)21-17-13(18)10-11-14(17)19/h8,10-11,18-19H,2-7,9H2,1H3. The highest BCUT2D eigenvalue weighted by Crippen LogP contribution is 2.19. The summed E-state index contributed by atoms with van der Waals surface area (Å²) in [4.78, 5) is 16.4. The van der Waals surface area contributed by atoms with Crippen LogP contribution in [0.15, 0.2) is 22.7 Å². The first-order valence-electron chi connectivity index (χ1n) is 7.14. The Morgan fingerprint density at radius 1 is 1.19 bits per heavy atom. The molecule has 5 nitrogen and oxygen atoms in total. The molecule has 0 aliphatic rings. The van der Waals surface area contributed by atoms with Crippen molar-refractivity contribution >= 4 is 21.9 Å². The van der Waals surface area contributed by atoms with Crippen molar-refractivity contribution < 1.29 is 19.8 Å². The van der Waals surface area contributed by atoms with Gasteiger partial charge in [-0.15, -0.1) is 4.73 Å². The summed E-state index contributed by atoms with van der Waals surface area (Å²) in [6.45, 7) is 2.02. The zero-order valence-electron chi connectivity index (χ0n) is 12.2. The summed E-state index contributed by atoms with van der Waals surface area (Å²) in [6, 6.07) is 2.51. The smallest absolute Gasteiger partial charge is 0.333 e. The molecule has 2 N–H and O–H groups in total. The Hall–Kier alpha value is -1.43. The lowest BCUT2D eigenvalue weighted by Gasteiger charge is -2.06. The molecule has 0 bridgehead atoms. The summed E-state index contributed by atoms with van der Waals surface area (Å²) in [7, 11) is 0. The second kappa shape index (κ2) is 9.50. The fraction of sp³-hybridized carbons (Fsp3) is 0.533. The molecule has 0 aliphatic heterocycles. The molecule has 0 atom stereocenters. The Balaban J connectivity index is 2.08. The van der Waals surface area contributed by atoms with E-state index < -0.39 is 5.97 Å². The van der Waals surface area contributed by atoms with Crippen LogP contribution in [0.1, 0.15) is 51.9 Å². The highest BCUT2D eigenvalue weighted by atomic mass is 79.9. The van der Waals surface area contributed by atoms with Crippen LogP contribution >= 0.6 is 15.9 Å². The topological polar surface area (TPSA) is 71.7 Å². The predicted molar refractivity (Wildman–Crippen MR) is 84.4 cm³/mol. The number of aromatic hydroxyl groups is 2. The van der Waals surface area contributed by atoms with Crippen LogP contribution in [0.3, 0.4) is 0 Å². The van der Waals surface area contributed by atoms with Gasteiger partial charge in [-0.3, -0.25) is 0 Å². The maximum Gasteiger partial charge on any atom is 0.333 e. The summed E-state index contributed by atoms with van der Waals surface area (Å²) >= 11 is 3.39. The molecule has 0 saturated heterocycles. The van der Waals surface area contributed by atoms with Gasteiger partial charge in [0.2, 0.25) is 11.8 Å². The summed E-state index contributed by atoms with van der Waals surface area (Å²) in [6.07, 6.45) is 8.60. The first-order chi connectivity index (χ1) is 10.0. The third kappa shape index (κ3) is 7.22. The number of carbonyl (C=O) groups excluding carboxylic acids is 1. The van der Waals surface area contributed by atoms with E-state index in [9.17, 15) is 15.0 Å². The molecule has 0 aromatic carbocycles. The van der Waals surface area contributed by atoms with E-state index in [0.717, 1.165) is 43.3 Å². The number of carbonyl (C=O) groups is 1. The van der Waals surface area contributed by atoms with E-state index in [2.05, 4.69) is 22.0 Å². The summed E-state index contributed by atoms with van der Waals surface area (Å²) in [5.41, 5.74) is 0. The van der Waals surface area contributed by atoms with Gasteiger partial charge in [0.05, 0.1) is 0 Å². The normalized spacial score (nSPS) is 11.6. The van der Waals surface area contributed by atoms with Crippen LogP contribution in [0.25, 0.3) is 0 Å². The van der Waals surface area contributed by atoms with Crippen molar-refractivity contribution in [2.24, 2.45) is 0 Å². The Bertz CT molecular complexity index is 459. The Morgan fingerprint density at radius 2 is 1.76 bits per heavy atom. The van der Waals surface area contributed by atoms with Gasteiger partial charge < -0.3 is 15.1 Å². The molecule has 0 fully saturated rings. The van der Waals surface area contributed by atoms with Gasteiger partial charge in [0.15, 0.2) is 0 Å². The molecule has 0 aliphatic carbocycles. The average molecular weight is 360 g/mol. The molecule has 1 rings (SSSR count). The number of aromatic nitrogens is 1. The van der Waals surface area contributed by atoms with Crippen molar-refractivity contribution in [2.75, 3.05) is 0 Å². The largest absolute Gasteiger partial charge is 0.492 e. The van der Waals surface area contributed by atoms with Crippen LogP contribution in [0, 0.1) is 0 Å². The van der Waals surface area contributed by atoms with Crippen LogP contribution < -0.4 is 4.84 Å². The van der Waals surface area contributed by atoms with E-state index in [4.69, 9.17) is 4.84 Å². The minimum atomic E-state index is -0.463. The van der Waals surface area contributed by atoms with Gasteiger partial charge in [-0.1, -0.05) is 41.3 Å². The number of hydrogen-bond donors (Lipinski definition) is 2. The molecule has 0 amide bonds. The number of unbranched alkanes of at least 4 members (excludes halogenated alkanes) is 5. The Morgan fingerprint density at radius 3 is 2.38 bits per heavy atom. The molecule has 0 unspecified atom stereocenters. The van der Waals surface area contributed by atoms with Crippen molar-refractivity contribution in [3.63, 3.8) is 0 Å². The zero-order chi connectivity index (χ0) is 15.7. The molecule has 0 radical (unpaired) electrons. The third-order valence-electron chi connectivity index (χ3n) is 3.00. The highest BCUT2D eigenvalue weighted by molar-refractivity contribution is 9.11. The molecule has 1 heterocycles. The molecular formula is C15H22BrNO4. The van der Waals surface area contributed by atoms with Gasteiger partial charge in [-0.2, -0.15) is 0 Å². The van der Waals surface area contributed by atoms with Gasteiger partial charge in [0, 0.05) is 18.6 Å². The van der Waals surface area contributed by atoms with Crippen LogP contribution in [-0.2, 0) is 4.79 Å². The maximum absolute atomic E-state index is 11.5. The first kappa shape index (κ1) is 17.6. The fourth-order valence-corrected chi connectivity index (χ4v) is 2.12. The van der Waals surface area contributed by atoms with Crippen molar-refractivity contribution in [1.29, 1.82) is 0 Å². The van der Waals surface area contributed by atoms with E-state index in [1.165, 1.54) is 16.6 Å². The summed E-state index contributed by atoms with van der Waals surface area (Å²) in [5, 5.41) is 18.7. The van der Waals surface area contributed by atoms with Gasteiger partial charge in [-0.05, 0) is 30.7 Å². The van der Waals surface area contributed by atoms with E-state index in [1.807, 2.05) is 6.92 Å². The lowest BCUT2D eigenvalue weighted by molar-refractivity contribution is -0.145. The molecule has 0 saturated carbocycles. The minimum absolute atomic E-state index is 0.275. The van der Waals surface area contributed by atoms with E-state index >= 15 is 0 Å². The van der Waals surface area contributed by atoms with Crippen LogP contribution in [0.5, 0.6) is 11.8 Å². The maximum atomic E-state index is 11.5. The van der Waals surface area contributed by atoms with Crippen LogP contribution in [-0.4, -0.2) is 20.9 Å². The van der Waals surface area contributed by atoms with Gasteiger partial charge in [0.1, 0.15) is 0 Å². The monoisotopic (exact) mass is 359 g/mol. The number of allylic oxidation sites excluding steroid dienone is 2. The number of hydrogen-bond acceptors (Lipinski definition) is 4. The third-order valence-corrected chi connectivity index (χ3v) is 3.33. The fourth-order valence-electron chi connectivity index (χ4n) is 1.89. The van der Waals surface area contributed by atoms with Crippen molar-refractivity contribution in [2.45, 2.75) is 51.9 Å². The second-order valence-corrected chi connectivity index (χ2v) is 6.16. The summed E-state index contributed by atoms with van der Waals surface area (Å²) < 4.78 is 1.89. The minimum Gasteiger partial charge on any atom is -0.492 e. The van der Waals surface area contributed by atoms with Gasteiger partial charge in [-0.25, -0.2) is 4.79 Å². The zero-order valence-corrected chi connectivity index (χ0v) is 13.8. The predicted octanol–water partition coefficient (Wildman–Crippen LogP) is 3.88. The summed E-state index contributed by atoms with van der Waals surface area (Å²) in [5.74, 6) is -1.05. The highest BCUT2D eigenvalue weighted by Gasteiger charge is 2.11. The first-order valence-corrected chi connectivity index (χ1v) is 7.93. The molecule has 6 heteroatoms. The van der Waals surface area contributed by atoms with E-state index in [0.29, 0.717) is 0 Å². The van der Waals surface area contributed by atoms with Crippen LogP contribution in [0.4, 0.5) is 0 Å². The number of halogens is 1. The number of nitrogens with zero attached hydrogens (tertiary/aromatic N) is 1. The van der Waals surface area contributed by atoms with Crippen molar-refractivity contribution in [1.82, 2.24) is 4.73 Å². The van der Waals surface area contributed by atoms with Gasteiger partial charge >= 0.3 is 5.97 Å². The molecular weight excluding hydrogens is 338 g/mol. The van der Waals surface area contributed by atoms with Crippen molar-refractivity contribution in [3.05, 3.63) is 22.7 Å². The van der Waals surface area contributed by atoms with Gasteiger partial charge in [0.25, 0.3) is 0 Å². The van der Waals surface area contributed by atoms with E-state index in [1.54, 1.807) is 0 Å². The average Bonchev–Trinajstić information content (AvgIpc) is 2.73. The van der Waals surface area contributed by atoms with E-state index in [-0.39, 0.29) is 18.2 Å². The molecule has 118 valence electrons. The molecule has 21 heavy (non-hydrogen) atoms. The lowest BCUT2D eigenvalue weighted by Crippen LogP contribution is -2.18. The van der Waals surface area contributed by atoms with Crippen LogP contribution in [0.2, 0.25) is 0 Å². The molecule has 1 aromatic rings. The molecule has 0 spiro atoms. The Labute approximate surface area is 133 Å². The molecule has 1 aromatic heterocycles. The second-order valence-electron chi connectivity index (χ2n) is 4.90. The van der Waals surface area contributed by atoms with Crippen molar-refractivity contribution in [3.8, 4) is 11.8 Å². The number of rotatable bonds is 9. The SMILES string of the molecule is CC(Br)=CCCCCCCCC(=O)On1c(O)ccc1O.